The van der Waals surface area contributed by atoms with Crippen LogP contribution in [0.5, 0.6) is 0 Å². The Hall–Kier alpha value is -2.23. The summed E-state index contributed by atoms with van der Waals surface area (Å²) in [4.78, 5) is 24.0. The minimum Gasteiger partial charge on any atom is -0.347 e. The minimum absolute atomic E-state index is 0.176. The molecule has 3 rings (SSSR count). The van der Waals surface area contributed by atoms with Gasteiger partial charge in [-0.05, 0) is 49.2 Å². The summed E-state index contributed by atoms with van der Waals surface area (Å²) in [7, 11) is -3.42. The third kappa shape index (κ3) is 4.74. The van der Waals surface area contributed by atoms with Gasteiger partial charge in [-0.25, -0.2) is 8.42 Å². The van der Waals surface area contributed by atoms with Crippen molar-refractivity contribution in [2.75, 3.05) is 18.4 Å². The predicted octanol–water partition coefficient (Wildman–Crippen LogP) is 2.42. The van der Waals surface area contributed by atoms with E-state index in [0.717, 1.165) is 17.7 Å². The number of hydrogen-bond donors (Lipinski definition) is 2. The maximum absolute atomic E-state index is 12.5. The molecule has 1 fully saturated rings. The van der Waals surface area contributed by atoms with Gasteiger partial charge in [0.1, 0.15) is 4.21 Å². The molecule has 1 aromatic carbocycles. The molecule has 2 aromatic rings. The first kappa shape index (κ1) is 19.5. The lowest BCUT2D eigenvalue weighted by molar-refractivity contribution is -0.114. The van der Waals surface area contributed by atoms with Crippen molar-refractivity contribution < 1.29 is 18.0 Å². The van der Waals surface area contributed by atoms with Crippen LogP contribution in [0, 0.1) is 0 Å². The van der Waals surface area contributed by atoms with Crippen LogP contribution in [0.2, 0.25) is 0 Å². The highest BCUT2D eigenvalue weighted by molar-refractivity contribution is 7.91. The van der Waals surface area contributed by atoms with Crippen LogP contribution < -0.4 is 10.6 Å². The normalized spacial score (nSPS) is 14.9. The number of benzene rings is 1. The molecule has 1 aliphatic rings. The zero-order valence-electron chi connectivity index (χ0n) is 14.9. The maximum Gasteiger partial charge on any atom is 0.252 e. The molecule has 0 atom stereocenters. The van der Waals surface area contributed by atoms with Crippen molar-refractivity contribution in [2.24, 2.45) is 0 Å². The number of hydrogen-bond acceptors (Lipinski definition) is 5. The summed E-state index contributed by atoms with van der Waals surface area (Å²) in [6.07, 6.45) is 1.79. The molecular formula is C18H21N3O4S2. The number of thiophene rings is 1. The number of anilines is 1. The second-order valence-electron chi connectivity index (χ2n) is 6.27. The molecule has 0 bridgehead atoms. The lowest BCUT2D eigenvalue weighted by atomic mass is 10.2. The van der Waals surface area contributed by atoms with Crippen molar-refractivity contribution >= 4 is 38.9 Å². The molecule has 9 heteroatoms. The van der Waals surface area contributed by atoms with Crippen molar-refractivity contribution in [3.05, 3.63) is 46.8 Å². The molecule has 2 N–H and O–H groups in total. The van der Waals surface area contributed by atoms with E-state index < -0.39 is 10.0 Å². The average Bonchev–Trinajstić information content (AvgIpc) is 3.32. The molecule has 2 heterocycles. The smallest absolute Gasteiger partial charge is 0.252 e. The van der Waals surface area contributed by atoms with Gasteiger partial charge in [-0.15, -0.1) is 11.3 Å². The van der Waals surface area contributed by atoms with E-state index in [-0.39, 0.29) is 18.4 Å². The van der Waals surface area contributed by atoms with Crippen molar-refractivity contribution in [3.8, 4) is 0 Å². The molecule has 1 aliphatic heterocycles. The summed E-state index contributed by atoms with van der Waals surface area (Å²) in [5.74, 6) is -0.439. The molecule has 1 aromatic heterocycles. The Balaban J connectivity index is 1.59. The van der Waals surface area contributed by atoms with E-state index in [9.17, 15) is 18.0 Å². The van der Waals surface area contributed by atoms with E-state index in [4.69, 9.17) is 0 Å². The number of nitrogens with zero attached hydrogens (tertiary/aromatic N) is 1. The standard InChI is InChI=1S/C18H21N3O4S2/c1-13(22)20-15-6-4-14(5-7-15)18(23)19-12-16-8-9-17(26-16)27(24,25)21-10-2-3-11-21/h4-9H,2-3,10-12H2,1H3,(H,19,23)(H,20,22). The molecule has 27 heavy (non-hydrogen) atoms. The number of nitrogens with one attached hydrogen (secondary N) is 2. The van der Waals surface area contributed by atoms with Gasteiger partial charge in [-0.2, -0.15) is 4.31 Å². The Kier molecular flexibility index (Phi) is 5.93. The summed E-state index contributed by atoms with van der Waals surface area (Å²) in [5, 5.41) is 5.42. The number of amides is 2. The third-order valence-electron chi connectivity index (χ3n) is 4.19. The molecule has 0 unspecified atom stereocenters. The van der Waals surface area contributed by atoms with Crippen LogP contribution in [0.3, 0.4) is 0 Å². The first-order valence-electron chi connectivity index (χ1n) is 8.61. The molecule has 2 amide bonds. The molecule has 0 radical (unpaired) electrons. The van der Waals surface area contributed by atoms with Gasteiger partial charge in [0.25, 0.3) is 15.9 Å². The van der Waals surface area contributed by atoms with E-state index in [1.807, 2.05) is 0 Å². The predicted molar refractivity (Wildman–Crippen MR) is 104 cm³/mol. The third-order valence-corrected chi connectivity index (χ3v) is 7.64. The Labute approximate surface area is 162 Å². The van der Waals surface area contributed by atoms with Crippen LogP contribution in [0.15, 0.2) is 40.6 Å². The fraction of sp³-hybridized carbons (Fsp3) is 0.333. The van der Waals surface area contributed by atoms with Crippen LogP contribution in [0.1, 0.15) is 35.0 Å². The zero-order chi connectivity index (χ0) is 19.4. The first-order chi connectivity index (χ1) is 12.9. The fourth-order valence-corrected chi connectivity index (χ4v) is 5.79. The lowest BCUT2D eigenvalue weighted by Crippen LogP contribution is -2.27. The molecule has 0 saturated carbocycles. The number of sulfonamides is 1. The summed E-state index contributed by atoms with van der Waals surface area (Å²) < 4.78 is 26.9. The Bertz CT molecular complexity index is 930. The fourth-order valence-electron chi connectivity index (χ4n) is 2.83. The monoisotopic (exact) mass is 407 g/mol. The van der Waals surface area contributed by atoms with Crippen molar-refractivity contribution in [1.82, 2.24) is 9.62 Å². The summed E-state index contributed by atoms with van der Waals surface area (Å²) in [6.45, 7) is 2.81. The van der Waals surface area contributed by atoms with Crippen LogP contribution in [0.4, 0.5) is 5.69 Å². The summed E-state index contributed by atoms with van der Waals surface area (Å²) >= 11 is 1.18. The summed E-state index contributed by atoms with van der Waals surface area (Å²) in [5.41, 5.74) is 1.08. The zero-order valence-corrected chi connectivity index (χ0v) is 16.5. The highest BCUT2D eigenvalue weighted by Gasteiger charge is 2.28. The highest BCUT2D eigenvalue weighted by Crippen LogP contribution is 2.27. The Morgan fingerprint density at radius 2 is 1.74 bits per heavy atom. The van der Waals surface area contributed by atoms with Gasteiger partial charge in [0.15, 0.2) is 0 Å². The van der Waals surface area contributed by atoms with Crippen molar-refractivity contribution in [3.63, 3.8) is 0 Å². The minimum atomic E-state index is -3.42. The second kappa shape index (κ2) is 8.20. The Morgan fingerprint density at radius 3 is 2.37 bits per heavy atom. The van der Waals surface area contributed by atoms with Crippen LogP contribution in [-0.4, -0.2) is 37.6 Å². The number of carbonyl (C=O) groups is 2. The van der Waals surface area contributed by atoms with E-state index in [0.29, 0.717) is 28.5 Å². The van der Waals surface area contributed by atoms with E-state index in [1.54, 1.807) is 36.4 Å². The van der Waals surface area contributed by atoms with Crippen LogP contribution >= 0.6 is 11.3 Å². The van der Waals surface area contributed by atoms with Gasteiger partial charge in [0.2, 0.25) is 5.91 Å². The van der Waals surface area contributed by atoms with Crippen LogP contribution in [0.25, 0.3) is 0 Å². The van der Waals surface area contributed by atoms with Gasteiger partial charge in [-0.1, -0.05) is 0 Å². The molecule has 0 spiro atoms. The number of carbonyl (C=O) groups excluding carboxylic acids is 2. The highest BCUT2D eigenvalue weighted by atomic mass is 32.2. The van der Waals surface area contributed by atoms with Gasteiger partial charge in [0.05, 0.1) is 6.54 Å². The van der Waals surface area contributed by atoms with Crippen molar-refractivity contribution in [2.45, 2.75) is 30.5 Å². The molecule has 144 valence electrons. The molecule has 0 aliphatic carbocycles. The molecule has 1 saturated heterocycles. The van der Waals surface area contributed by atoms with E-state index in [2.05, 4.69) is 10.6 Å². The SMILES string of the molecule is CC(=O)Nc1ccc(C(=O)NCc2ccc(S(=O)(=O)N3CCCC3)s2)cc1. The maximum atomic E-state index is 12.5. The van der Waals surface area contributed by atoms with Crippen molar-refractivity contribution in [1.29, 1.82) is 0 Å². The second-order valence-corrected chi connectivity index (χ2v) is 9.61. The van der Waals surface area contributed by atoms with Gasteiger partial charge in [0, 0.05) is 36.1 Å². The molecule has 7 nitrogen and oxygen atoms in total. The Morgan fingerprint density at radius 1 is 1.07 bits per heavy atom. The van der Waals surface area contributed by atoms with Crippen LogP contribution in [-0.2, 0) is 21.4 Å². The lowest BCUT2D eigenvalue weighted by Gasteiger charge is -2.13. The van der Waals surface area contributed by atoms with Gasteiger partial charge < -0.3 is 10.6 Å². The largest absolute Gasteiger partial charge is 0.347 e. The van der Waals surface area contributed by atoms with Gasteiger partial charge >= 0.3 is 0 Å². The first-order valence-corrected chi connectivity index (χ1v) is 10.9. The van der Waals surface area contributed by atoms with E-state index in [1.165, 1.54) is 22.6 Å². The quantitative estimate of drug-likeness (QED) is 0.769. The average molecular weight is 408 g/mol. The van der Waals surface area contributed by atoms with E-state index >= 15 is 0 Å². The number of rotatable bonds is 6. The topological polar surface area (TPSA) is 95.6 Å². The summed E-state index contributed by atoms with van der Waals surface area (Å²) in [6, 6.07) is 9.89. The van der Waals surface area contributed by atoms with Gasteiger partial charge in [-0.3, -0.25) is 9.59 Å². The molecular weight excluding hydrogens is 386 g/mol.